The van der Waals surface area contributed by atoms with Crippen molar-refractivity contribution in [3.05, 3.63) is 84.9 Å². The van der Waals surface area contributed by atoms with E-state index in [1.807, 2.05) is 50.2 Å². The van der Waals surface area contributed by atoms with Gasteiger partial charge in [-0.25, -0.2) is 4.98 Å². The molecule has 0 fully saturated rings. The number of fused-ring (bicyclic) bond motifs is 4. The molecule has 0 unspecified atom stereocenters. The van der Waals surface area contributed by atoms with E-state index in [1.54, 1.807) is 18.2 Å². The molecule has 2 heterocycles. The summed E-state index contributed by atoms with van der Waals surface area (Å²) in [4.78, 5) is 9.30. The Morgan fingerprint density at radius 2 is 1.50 bits per heavy atom. The number of rotatable bonds is 4. The third kappa shape index (κ3) is 3.52. The molecule has 0 aliphatic carbocycles. The number of aromatic nitrogens is 2. The van der Waals surface area contributed by atoms with E-state index in [2.05, 4.69) is 35.3 Å². The van der Waals surface area contributed by atoms with Crippen LogP contribution in [-0.2, 0) is 0 Å². The van der Waals surface area contributed by atoms with Gasteiger partial charge in [-0.2, -0.15) is 4.98 Å². The highest BCUT2D eigenvalue weighted by atomic mass is 16.5. The van der Waals surface area contributed by atoms with Crippen molar-refractivity contribution in [3.8, 4) is 34.3 Å². The van der Waals surface area contributed by atoms with Gasteiger partial charge in [0.05, 0.1) is 17.4 Å². The van der Waals surface area contributed by atoms with Crippen molar-refractivity contribution >= 4 is 32.7 Å². The molecule has 4 aromatic carbocycles. The zero-order chi connectivity index (χ0) is 23.2. The highest BCUT2D eigenvalue weighted by Crippen LogP contribution is 2.36. The van der Waals surface area contributed by atoms with Crippen LogP contribution in [0.15, 0.2) is 89.3 Å². The van der Waals surface area contributed by atoms with Gasteiger partial charge < -0.3 is 14.3 Å². The largest absolute Gasteiger partial charge is 0.507 e. The molecule has 1 N–H and O–H groups in total. The van der Waals surface area contributed by atoms with Crippen LogP contribution < -0.4 is 4.74 Å². The number of ether oxygens (including phenoxy) is 1. The van der Waals surface area contributed by atoms with Crippen molar-refractivity contribution in [2.24, 2.45) is 0 Å². The van der Waals surface area contributed by atoms with Crippen LogP contribution in [0.5, 0.6) is 11.6 Å². The molecular formula is C29H22N2O3. The molecule has 0 saturated carbocycles. The quantitative estimate of drug-likeness (QED) is 0.306. The van der Waals surface area contributed by atoms with Crippen LogP contribution in [0.25, 0.3) is 55.4 Å². The average molecular weight is 447 g/mol. The van der Waals surface area contributed by atoms with Gasteiger partial charge in [-0.1, -0.05) is 42.5 Å². The molecule has 0 aliphatic heterocycles. The number of furan rings is 1. The highest BCUT2D eigenvalue weighted by Gasteiger charge is 2.15. The van der Waals surface area contributed by atoms with Crippen LogP contribution >= 0.6 is 0 Å². The highest BCUT2D eigenvalue weighted by molar-refractivity contribution is 6.10. The molecule has 5 heteroatoms. The molecule has 0 atom stereocenters. The fourth-order valence-corrected chi connectivity index (χ4v) is 4.28. The Labute approximate surface area is 196 Å². The molecule has 5 nitrogen and oxygen atoms in total. The average Bonchev–Trinajstić information content (AvgIpc) is 3.18. The molecule has 0 bridgehead atoms. The second kappa shape index (κ2) is 7.89. The van der Waals surface area contributed by atoms with E-state index >= 15 is 0 Å². The molecule has 6 rings (SSSR count). The third-order valence-corrected chi connectivity index (χ3v) is 5.84. The molecule has 0 spiro atoms. The van der Waals surface area contributed by atoms with E-state index in [0.29, 0.717) is 23.0 Å². The summed E-state index contributed by atoms with van der Waals surface area (Å²) in [7, 11) is 0. The van der Waals surface area contributed by atoms with Crippen molar-refractivity contribution in [2.75, 3.05) is 0 Å². The summed E-state index contributed by atoms with van der Waals surface area (Å²) in [6.07, 6.45) is -0.0491. The third-order valence-electron chi connectivity index (χ3n) is 5.84. The predicted molar refractivity (Wildman–Crippen MR) is 135 cm³/mol. The van der Waals surface area contributed by atoms with Crippen LogP contribution in [0.2, 0.25) is 0 Å². The maximum absolute atomic E-state index is 10.4. The van der Waals surface area contributed by atoms with Gasteiger partial charge in [0, 0.05) is 22.4 Å². The fraction of sp³-hybridized carbons (Fsp3) is 0.103. The smallest absolute Gasteiger partial charge is 0.217 e. The Balaban J connectivity index is 1.52. The molecule has 0 radical (unpaired) electrons. The molecule has 166 valence electrons. The van der Waals surface area contributed by atoms with Crippen molar-refractivity contribution in [3.63, 3.8) is 0 Å². The summed E-state index contributed by atoms with van der Waals surface area (Å²) in [5, 5.41) is 14.8. The molecule has 0 saturated heterocycles. The van der Waals surface area contributed by atoms with E-state index in [9.17, 15) is 5.11 Å². The van der Waals surface area contributed by atoms with Crippen LogP contribution in [-0.4, -0.2) is 21.2 Å². The molecular weight excluding hydrogens is 424 g/mol. The first kappa shape index (κ1) is 20.2. The number of aromatic hydroxyl groups is 1. The topological polar surface area (TPSA) is 68.4 Å². The zero-order valence-corrected chi connectivity index (χ0v) is 18.8. The van der Waals surface area contributed by atoms with Gasteiger partial charge in [-0.15, -0.1) is 0 Å². The van der Waals surface area contributed by atoms with E-state index < -0.39 is 0 Å². The van der Waals surface area contributed by atoms with E-state index in [-0.39, 0.29) is 11.9 Å². The Kier molecular flexibility index (Phi) is 4.69. The van der Waals surface area contributed by atoms with Crippen LogP contribution in [0, 0.1) is 0 Å². The number of para-hydroxylation sites is 1. The van der Waals surface area contributed by atoms with Gasteiger partial charge in [-0.3, -0.25) is 0 Å². The number of benzene rings is 4. The summed E-state index contributed by atoms with van der Waals surface area (Å²) in [5.41, 5.74) is 3.76. The van der Waals surface area contributed by atoms with Crippen molar-refractivity contribution in [1.82, 2.24) is 9.97 Å². The molecule has 0 amide bonds. The predicted octanol–water partition coefficient (Wildman–Crippen LogP) is 7.36. The minimum Gasteiger partial charge on any atom is -0.507 e. The van der Waals surface area contributed by atoms with Crippen LogP contribution in [0.3, 0.4) is 0 Å². The fourth-order valence-electron chi connectivity index (χ4n) is 4.28. The van der Waals surface area contributed by atoms with Gasteiger partial charge in [0.25, 0.3) is 0 Å². The van der Waals surface area contributed by atoms with Gasteiger partial charge in [0.15, 0.2) is 5.82 Å². The van der Waals surface area contributed by atoms with E-state index in [1.165, 1.54) is 5.39 Å². The second-order valence-electron chi connectivity index (χ2n) is 8.61. The van der Waals surface area contributed by atoms with Crippen molar-refractivity contribution in [2.45, 2.75) is 20.0 Å². The molecule has 34 heavy (non-hydrogen) atoms. The summed E-state index contributed by atoms with van der Waals surface area (Å²) < 4.78 is 12.1. The standard InChI is InChI=1S/C29H22N2O3/c1-17(2)33-28-16-24(30-29(31-28)22-9-5-6-10-25(22)32)20-11-12-21-23-13-18-7-3-4-8-19(18)14-27(23)34-26(21)15-20/h3-17,32H,1-2H3. The first-order valence-electron chi connectivity index (χ1n) is 11.2. The first-order valence-corrected chi connectivity index (χ1v) is 11.2. The van der Waals surface area contributed by atoms with Crippen molar-refractivity contribution < 1.29 is 14.3 Å². The summed E-state index contributed by atoms with van der Waals surface area (Å²) in [6, 6.07) is 27.5. The Hall–Kier alpha value is -4.38. The zero-order valence-electron chi connectivity index (χ0n) is 18.8. The van der Waals surface area contributed by atoms with Crippen LogP contribution in [0.4, 0.5) is 0 Å². The Morgan fingerprint density at radius 1 is 0.765 bits per heavy atom. The minimum atomic E-state index is -0.0491. The second-order valence-corrected chi connectivity index (χ2v) is 8.61. The van der Waals surface area contributed by atoms with E-state index in [4.69, 9.17) is 14.1 Å². The lowest BCUT2D eigenvalue weighted by molar-refractivity contribution is 0.232. The SMILES string of the molecule is CC(C)Oc1cc(-c2ccc3c(c2)oc2cc4ccccc4cc23)nc(-c2ccccc2O)n1. The number of phenols is 1. The monoisotopic (exact) mass is 446 g/mol. The van der Waals surface area contributed by atoms with Gasteiger partial charge in [0.1, 0.15) is 16.9 Å². The Morgan fingerprint density at radius 3 is 2.29 bits per heavy atom. The molecule has 6 aromatic rings. The van der Waals surface area contributed by atoms with Gasteiger partial charge in [0.2, 0.25) is 5.88 Å². The molecule has 2 aromatic heterocycles. The lowest BCUT2D eigenvalue weighted by atomic mass is 10.0. The number of nitrogens with zero attached hydrogens (tertiary/aromatic N) is 2. The van der Waals surface area contributed by atoms with Gasteiger partial charge >= 0.3 is 0 Å². The number of phenolic OH excluding ortho intramolecular Hbond substituents is 1. The summed E-state index contributed by atoms with van der Waals surface area (Å²) in [6.45, 7) is 3.90. The summed E-state index contributed by atoms with van der Waals surface area (Å²) in [5.74, 6) is 0.978. The van der Waals surface area contributed by atoms with Gasteiger partial charge in [-0.05, 0) is 61.0 Å². The summed E-state index contributed by atoms with van der Waals surface area (Å²) >= 11 is 0. The van der Waals surface area contributed by atoms with Crippen LogP contribution in [0.1, 0.15) is 13.8 Å². The molecule has 0 aliphatic rings. The maximum Gasteiger partial charge on any atom is 0.217 e. The lowest BCUT2D eigenvalue weighted by Gasteiger charge is -2.12. The van der Waals surface area contributed by atoms with Crippen molar-refractivity contribution in [1.29, 1.82) is 0 Å². The lowest BCUT2D eigenvalue weighted by Crippen LogP contribution is -2.08. The Bertz CT molecular complexity index is 1680. The normalized spacial score (nSPS) is 11.6. The van der Waals surface area contributed by atoms with E-state index in [0.717, 1.165) is 32.9 Å². The number of hydrogen-bond acceptors (Lipinski definition) is 5. The first-order chi connectivity index (χ1) is 16.5. The minimum absolute atomic E-state index is 0.0491. The maximum atomic E-state index is 10.4. The number of hydrogen-bond donors (Lipinski definition) is 1.